The van der Waals surface area contributed by atoms with Crippen LogP contribution in [0, 0.1) is 0 Å². The number of benzene rings is 6. The summed E-state index contributed by atoms with van der Waals surface area (Å²) in [5.74, 6) is 0.458. The molecule has 0 aliphatic rings. The van der Waals surface area contributed by atoms with Crippen LogP contribution in [0.15, 0.2) is 209 Å². The van der Waals surface area contributed by atoms with Crippen molar-refractivity contribution >= 4 is 69.9 Å². The highest BCUT2D eigenvalue weighted by molar-refractivity contribution is 6.49. The zero-order valence-electron chi connectivity index (χ0n) is 33.5. The van der Waals surface area contributed by atoms with Gasteiger partial charge in [-0.25, -0.2) is 4.99 Å². The second-order valence-electron chi connectivity index (χ2n) is 13.5. The fourth-order valence-corrected chi connectivity index (χ4v) is 6.74. The van der Waals surface area contributed by atoms with Crippen LogP contribution in [0.3, 0.4) is 0 Å². The molecule has 292 valence electrons. The molecule has 7 aromatic rings. The van der Waals surface area contributed by atoms with Crippen molar-refractivity contribution in [1.82, 2.24) is 4.57 Å². The number of aromatic nitrogens is 1. The molecular weight excluding hydrogens is 723 g/mol. The van der Waals surface area contributed by atoms with Crippen LogP contribution in [0.1, 0.15) is 29.2 Å². The van der Waals surface area contributed by atoms with E-state index >= 15 is 0 Å². The molecule has 0 unspecified atom stereocenters. The molecule has 0 amide bonds. The van der Waals surface area contributed by atoms with E-state index in [1.807, 2.05) is 104 Å². The third-order valence-electron chi connectivity index (χ3n) is 9.70. The predicted octanol–water partition coefficient (Wildman–Crippen LogP) is 12.4. The van der Waals surface area contributed by atoms with Crippen molar-refractivity contribution in [2.75, 3.05) is 11.9 Å². The fraction of sp³-hybridized carbons (Fsp3) is 0.0769. The number of nitrogens with zero attached hydrogens (tertiary/aromatic N) is 5. The van der Waals surface area contributed by atoms with Crippen LogP contribution in [0.4, 0.5) is 17.1 Å². The number of nitrogens with one attached hydrogen (secondary N) is 1. The largest absolute Gasteiger partial charge is 0.355 e. The van der Waals surface area contributed by atoms with E-state index in [0.29, 0.717) is 36.9 Å². The molecule has 0 aliphatic heterocycles. The number of allylic oxidation sites excluding steroid dienone is 3. The first-order chi connectivity index (χ1) is 29.0. The van der Waals surface area contributed by atoms with Gasteiger partial charge in [0, 0.05) is 39.9 Å². The summed E-state index contributed by atoms with van der Waals surface area (Å²) >= 11 is 0. The van der Waals surface area contributed by atoms with Crippen molar-refractivity contribution in [2.24, 2.45) is 25.7 Å². The summed E-state index contributed by atoms with van der Waals surface area (Å²) in [6.07, 6.45) is 9.46. The number of fused-ring (bicyclic) bond motifs is 3. The first kappa shape index (κ1) is 41.2. The van der Waals surface area contributed by atoms with E-state index in [-0.39, 0.29) is 0 Å². The van der Waals surface area contributed by atoms with Crippen molar-refractivity contribution in [1.29, 1.82) is 0 Å². The van der Waals surface area contributed by atoms with E-state index < -0.39 is 0 Å². The Balaban J connectivity index is 0.000000584. The summed E-state index contributed by atoms with van der Waals surface area (Å²) < 4.78 is 2.32. The molecule has 59 heavy (non-hydrogen) atoms. The van der Waals surface area contributed by atoms with Gasteiger partial charge in [-0.2, -0.15) is 0 Å². The Kier molecular flexibility index (Phi) is 14.4. The molecule has 0 aliphatic carbocycles. The summed E-state index contributed by atoms with van der Waals surface area (Å²) in [5.41, 5.74) is 17.0. The lowest BCUT2D eigenvalue weighted by molar-refractivity contribution is 1.05. The Morgan fingerprint density at radius 2 is 1.41 bits per heavy atom. The first-order valence-corrected chi connectivity index (χ1v) is 19.4. The molecule has 1 aromatic heterocycles. The minimum Gasteiger partial charge on any atom is -0.355 e. The van der Waals surface area contributed by atoms with Crippen molar-refractivity contribution in [3.8, 4) is 5.69 Å². The molecule has 6 aromatic carbocycles. The number of nitrogens with two attached hydrogens (primary N) is 1. The quantitative estimate of drug-likeness (QED) is 0.0654. The Morgan fingerprint density at radius 3 is 2.12 bits per heavy atom. The van der Waals surface area contributed by atoms with Gasteiger partial charge in [0.25, 0.3) is 0 Å². The lowest BCUT2D eigenvalue weighted by atomic mass is 10.1. The fourth-order valence-electron chi connectivity index (χ4n) is 6.74. The molecule has 0 fully saturated rings. The maximum absolute atomic E-state index is 5.37. The van der Waals surface area contributed by atoms with Gasteiger partial charge in [-0.1, -0.05) is 141 Å². The molecular formula is C52H49N7. The summed E-state index contributed by atoms with van der Waals surface area (Å²) in [4.78, 5) is 18.6. The Bertz CT molecular complexity index is 2700. The Hall–Kier alpha value is -7.48. The van der Waals surface area contributed by atoms with E-state index in [9.17, 15) is 0 Å². The van der Waals surface area contributed by atoms with Gasteiger partial charge in [-0.05, 0) is 91.2 Å². The van der Waals surface area contributed by atoms with Gasteiger partial charge in [0.15, 0.2) is 5.84 Å². The Morgan fingerprint density at radius 1 is 0.712 bits per heavy atom. The summed E-state index contributed by atoms with van der Waals surface area (Å²) in [5, 5.41) is 5.94. The number of aliphatic imine (C=N–C) groups is 4. The number of anilines is 2. The molecule has 0 atom stereocenters. The maximum atomic E-state index is 5.37. The van der Waals surface area contributed by atoms with E-state index in [0.717, 1.165) is 61.3 Å². The summed E-state index contributed by atoms with van der Waals surface area (Å²) in [6, 6.07) is 49.5. The van der Waals surface area contributed by atoms with Crippen LogP contribution >= 0.6 is 0 Å². The standard InChI is InChI=1S/C44H36N6.C8H13N/c1-4-33-27-38-36-22-12-14-25-41(36)50(42(38)28-40(33)49-34-19-9-6-10-20-34)35-21-15-18-32(26-35)30-47-43(37-23-11-13-24-39(37)45-2)44(46-3)48-29-31-16-7-5-8-17-31;1-3-5-6-8(4-2)7-9/h4-28,49H,1-3,29-30H2;3-6H,1,7,9H2,2H3/b;6-5-,8-4+. The average Bonchev–Trinajstić information content (AvgIpc) is 3.61. The Labute approximate surface area is 347 Å². The number of hydrogen-bond acceptors (Lipinski definition) is 5. The molecule has 0 bridgehead atoms. The number of amidine groups is 1. The van der Waals surface area contributed by atoms with Crippen LogP contribution in [-0.4, -0.2) is 36.1 Å². The van der Waals surface area contributed by atoms with Crippen LogP contribution in [0.5, 0.6) is 0 Å². The molecule has 7 rings (SSSR count). The molecule has 0 saturated carbocycles. The minimum absolute atomic E-state index is 0.396. The van der Waals surface area contributed by atoms with Gasteiger partial charge in [-0.3, -0.25) is 15.0 Å². The third kappa shape index (κ3) is 10.1. The van der Waals surface area contributed by atoms with Gasteiger partial charge >= 0.3 is 0 Å². The molecule has 0 saturated heterocycles. The van der Waals surface area contributed by atoms with Gasteiger partial charge in [0.05, 0.1) is 29.8 Å². The van der Waals surface area contributed by atoms with Gasteiger partial charge in [0.1, 0.15) is 5.71 Å². The molecule has 1 heterocycles. The SMILES string of the molecule is C=C/C=C\C(=C/C)CN.C=Cc1cc2c3ccccc3n(-c3cccc(CN=C(C(N=C)=NCc4ccccc4)c4ccccc4N=C)c3)c2cc1Nc1ccccc1. The second-order valence-corrected chi connectivity index (χ2v) is 13.5. The molecule has 0 spiro atoms. The molecule has 7 nitrogen and oxygen atoms in total. The van der Waals surface area contributed by atoms with Gasteiger partial charge in [-0.15, -0.1) is 0 Å². The number of hydrogen-bond donors (Lipinski definition) is 2. The lowest BCUT2D eigenvalue weighted by Gasteiger charge is -2.14. The van der Waals surface area contributed by atoms with Crippen molar-refractivity contribution in [3.05, 3.63) is 211 Å². The minimum atomic E-state index is 0.396. The maximum Gasteiger partial charge on any atom is 0.173 e. The average molecular weight is 772 g/mol. The van der Waals surface area contributed by atoms with E-state index in [1.54, 1.807) is 6.08 Å². The monoisotopic (exact) mass is 771 g/mol. The summed E-state index contributed by atoms with van der Waals surface area (Å²) in [7, 11) is 0. The van der Waals surface area contributed by atoms with Gasteiger partial charge in [0.2, 0.25) is 0 Å². The van der Waals surface area contributed by atoms with Crippen LogP contribution in [-0.2, 0) is 13.1 Å². The van der Waals surface area contributed by atoms with Crippen LogP contribution in [0.25, 0.3) is 33.6 Å². The van der Waals surface area contributed by atoms with Crippen molar-refractivity contribution < 1.29 is 0 Å². The van der Waals surface area contributed by atoms with Crippen molar-refractivity contribution in [3.63, 3.8) is 0 Å². The molecule has 3 N–H and O–H groups in total. The van der Waals surface area contributed by atoms with E-state index in [1.165, 1.54) is 5.39 Å². The highest BCUT2D eigenvalue weighted by atomic mass is 15.0. The zero-order chi connectivity index (χ0) is 41.4. The van der Waals surface area contributed by atoms with Crippen molar-refractivity contribution in [2.45, 2.75) is 20.0 Å². The number of para-hydroxylation sites is 3. The number of rotatable bonds is 14. The highest BCUT2D eigenvalue weighted by Crippen LogP contribution is 2.37. The van der Waals surface area contributed by atoms with Crippen LogP contribution < -0.4 is 11.1 Å². The second kappa shape index (κ2) is 20.6. The van der Waals surface area contributed by atoms with E-state index in [2.05, 4.69) is 119 Å². The van der Waals surface area contributed by atoms with Crippen LogP contribution in [0.2, 0.25) is 0 Å². The topological polar surface area (TPSA) is 92.4 Å². The van der Waals surface area contributed by atoms with E-state index in [4.69, 9.17) is 15.7 Å². The highest BCUT2D eigenvalue weighted by Gasteiger charge is 2.17. The zero-order valence-corrected chi connectivity index (χ0v) is 33.5. The lowest BCUT2D eigenvalue weighted by Crippen LogP contribution is -2.15. The normalized spacial score (nSPS) is 11.9. The predicted molar refractivity (Wildman–Crippen MR) is 256 cm³/mol. The third-order valence-corrected chi connectivity index (χ3v) is 9.70. The summed E-state index contributed by atoms with van der Waals surface area (Å²) in [6.45, 7) is 18.7. The molecule has 0 radical (unpaired) electrons. The smallest absolute Gasteiger partial charge is 0.173 e. The first-order valence-electron chi connectivity index (χ1n) is 19.4. The van der Waals surface area contributed by atoms with Gasteiger partial charge < -0.3 is 15.6 Å². The molecule has 7 heteroatoms.